The fraction of sp³-hybridized carbons (Fsp3) is 0.231. The van der Waals surface area contributed by atoms with Crippen LogP contribution in [0, 0.1) is 6.92 Å². The van der Waals surface area contributed by atoms with Gasteiger partial charge in [0.1, 0.15) is 0 Å². The molecule has 1 unspecified atom stereocenters. The number of thiophene rings is 1. The van der Waals surface area contributed by atoms with E-state index in [0.29, 0.717) is 6.54 Å². The van der Waals surface area contributed by atoms with Gasteiger partial charge in [-0.15, -0.1) is 0 Å². The predicted molar refractivity (Wildman–Crippen MR) is 70.9 cm³/mol. The van der Waals surface area contributed by atoms with Crippen molar-refractivity contribution in [2.75, 3.05) is 11.9 Å². The molecule has 0 spiro atoms. The maximum Gasteiger partial charge on any atom is 0.0644 e. The van der Waals surface area contributed by atoms with E-state index >= 15 is 0 Å². The van der Waals surface area contributed by atoms with Crippen molar-refractivity contribution in [3.05, 3.63) is 52.2 Å². The van der Waals surface area contributed by atoms with Gasteiger partial charge in [0.25, 0.3) is 0 Å². The Balaban J connectivity index is 2.13. The molecule has 0 aliphatic heterocycles. The molecule has 1 aromatic heterocycles. The molecule has 0 aliphatic carbocycles. The summed E-state index contributed by atoms with van der Waals surface area (Å²) in [6.45, 7) is 2.69. The van der Waals surface area contributed by atoms with Gasteiger partial charge in [0.2, 0.25) is 0 Å². The third-order valence-corrected chi connectivity index (χ3v) is 3.24. The molecule has 1 aromatic carbocycles. The number of anilines is 1. The van der Waals surface area contributed by atoms with Gasteiger partial charge in [-0.2, -0.15) is 11.3 Å². The Kier molecular flexibility index (Phi) is 3.59. The van der Waals surface area contributed by atoms with Gasteiger partial charge in [-0.05, 0) is 47.0 Å². The number of hydrogen-bond acceptors (Lipinski definition) is 3. The maximum absolute atomic E-state index is 5.79. The summed E-state index contributed by atoms with van der Waals surface area (Å²) in [7, 11) is 0. The van der Waals surface area contributed by atoms with Crippen molar-refractivity contribution in [1.29, 1.82) is 0 Å². The molecular formula is C13H16N2S. The Morgan fingerprint density at radius 1 is 1.38 bits per heavy atom. The SMILES string of the molecule is Cc1cccc(NC(CN)c2ccsc2)c1. The second kappa shape index (κ2) is 5.14. The lowest BCUT2D eigenvalue weighted by molar-refractivity contribution is 0.793. The van der Waals surface area contributed by atoms with E-state index in [9.17, 15) is 0 Å². The van der Waals surface area contributed by atoms with Crippen LogP contribution in [0.15, 0.2) is 41.1 Å². The fourth-order valence-electron chi connectivity index (χ4n) is 1.69. The zero-order valence-corrected chi connectivity index (χ0v) is 10.1. The Hall–Kier alpha value is -1.32. The molecule has 16 heavy (non-hydrogen) atoms. The third kappa shape index (κ3) is 2.62. The molecule has 1 atom stereocenters. The number of aryl methyl sites for hydroxylation is 1. The number of nitrogens with two attached hydrogens (primary N) is 1. The van der Waals surface area contributed by atoms with Gasteiger partial charge in [-0.1, -0.05) is 12.1 Å². The lowest BCUT2D eigenvalue weighted by atomic mass is 10.1. The molecule has 84 valence electrons. The van der Waals surface area contributed by atoms with Crippen molar-refractivity contribution >= 4 is 17.0 Å². The molecule has 0 fully saturated rings. The highest BCUT2D eigenvalue weighted by Gasteiger charge is 2.09. The van der Waals surface area contributed by atoms with Crippen molar-refractivity contribution in [2.45, 2.75) is 13.0 Å². The molecule has 2 rings (SSSR count). The summed E-state index contributed by atoms with van der Waals surface area (Å²) in [4.78, 5) is 0. The number of rotatable bonds is 4. The van der Waals surface area contributed by atoms with E-state index in [1.54, 1.807) is 11.3 Å². The second-order valence-electron chi connectivity index (χ2n) is 3.86. The normalized spacial score (nSPS) is 12.4. The molecule has 2 nitrogen and oxygen atoms in total. The molecule has 1 heterocycles. The Bertz CT molecular complexity index is 437. The van der Waals surface area contributed by atoms with Gasteiger partial charge in [0.05, 0.1) is 6.04 Å². The highest BCUT2D eigenvalue weighted by molar-refractivity contribution is 7.08. The summed E-state index contributed by atoms with van der Waals surface area (Å²) in [5.41, 5.74) is 9.43. The first-order valence-electron chi connectivity index (χ1n) is 5.35. The van der Waals surface area contributed by atoms with Crippen LogP contribution in [0.3, 0.4) is 0 Å². The smallest absolute Gasteiger partial charge is 0.0644 e. The van der Waals surface area contributed by atoms with E-state index in [1.165, 1.54) is 11.1 Å². The summed E-state index contributed by atoms with van der Waals surface area (Å²) >= 11 is 1.70. The second-order valence-corrected chi connectivity index (χ2v) is 4.64. The highest BCUT2D eigenvalue weighted by Crippen LogP contribution is 2.21. The molecule has 2 aromatic rings. The van der Waals surface area contributed by atoms with E-state index in [2.05, 4.69) is 53.3 Å². The quantitative estimate of drug-likeness (QED) is 0.849. The van der Waals surface area contributed by atoms with Crippen LogP contribution in [0.5, 0.6) is 0 Å². The first kappa shape index (κ1) is 11.2. The van der Waals surface area contributed by atoms with Crippen LogP contribution in [0.1, 0.15) is 17.2 Å². The van der Waals surface area contributed by atoms with E-state index in [4.69, 9.17) is 5.73 Å². The predicted octanol–water partition coefficient (Wildman–Crippen LogP) is 3.17. The lowest BCUT2D eigenvalue weighted by Crippen LogP contribution is -2.19. The van der Waals surface area contributed by atoms with E-state index in [1.807, 2.05) is 0 Å². The zero-order chi connectivity index (χ0) is 11.4. The number of benzene rings is 1. The van der Waals surface area contributed by atoms with E-state index < -0.39 is 0 Å². The molecule has 3 heteroatoms. The Morgan fingerprint density at radius 3 is 2.88 bits per heavy atom. The van der Waals surface area contributed by atoms with Crippen LogP contribution in [-0.2, 0) is 0 Å². The van der Waals surface area contributed by atoms with Crippen molar-refractivity contribution in [3.8, 4) is 0 Å². The highest BCUT2D eigenvalue weighted by atomic mass is 32.1. The van der Waals surface area contributed by atoms with Crippen LogP contribution < -0.4 is 11.1 Å². The summed E-state index contributed by atoms with van der Waals surface area (Å²) in [6.07, 6.45) is 0. The minimum atomic E-state index is 0.202. The molecule has 0 radical (unpaired) electrons. The van der Waals surface area contributed by atoms with Crippen LogP contribution in [0.2, 0.25) is 0 Å². The van der Waals surface area contributed by atoms with E-state index in [-0.39, 0.29) is 6.04 Å². The number of nitrogens with one attached hydrogen (secondary N) is 1. The van der Waals surface area contributed by atoms with Crippen LogP contribution in [0.4, 0.5) is 5.69 Å². The first-order valence-corrected chi connectivity index (χ1v) is 6.29. The summed E-state index contributed by atoms with van der Waals surface area (Å²) in [5.74, 6) is 0. The minimum Gasteiger partial charge on any atom is -0.377 e. The van der Waals surface area contributed by atoms with Crippen molar-refractivity contribution in [1.82, 2.24) is 0 Å². The van der Waals surface area contributed by atoms with Gasteiger partial charge < -0.3 is 11.1 Å². The van der Waals surface area contributed by atoms with E-state index in [0.717, 1.165) is 5.69 Å². The third-order valence-electron chi connectivity index (χ3n) is 2.54. The van der Waals surface area contributed by atoms with Gasteiger partial charge in [0, 0.05) is 12.2 Å². The van der Waals surface area contributed by atoms with Crippen molar-refractivity contribution < 1.29 is 0 Å². The van der Waals surface area contributed by atoms with Gasteiger partial charge in [-0.3, -0.25) is 0 Å². The van der Waals surface area contributed by atoms with Crippen LogP contribution >= 0.6 is 11.3 Å². The summed E-state index contributed by atoms with van der Waals surface area (Å²) in [5, 5.41) is 7.67. The molecule has 3 N–H and O–H groups in total. The van der Waals surface area contributed by atoms with Crippen LogP contribution in [-0.4, -0.2) is 6.54 Å². The van der Waals surface area contributed by atoms with Crippen molar-refractivity contribution in [2.24, 2.45) is 5.73 Å². The van der Waals surface area contributed by atoms with Gasteiger partial charge >= 0.3 is 0 Å². The number of hydrogen-bond donors (Lipinski definition) is 2. The zero-order valence-electron chi connectivity index (χ0n) is 9.31. The largest absolute Gasteiger partial charge is 0.377 e. The molecule has 0 amide bonds. The Morgan fingerprint density at radius 2 is 2.25 bits per heavy atom. The van der Waals surface area contributed by atoms with Gasteiger partial charge in [0.15, 0.2) is 0 Å². The summed E-state index contributed by atoms with van der Waals surface area (Å²) < 4.78 is 0. The molecular weight excluding hydrogens is 216 g/mol. The first-order chi connectivity index (χ1) is 7.79. The maximum atomic E-state index is 5.79. The minimum absolute atomic E-state index is 0.202. The standard InChI is InChI=1S/C13H16N2S/c1-10-3-2-4-12(7-10)15-13(8-14)11-5-6-16-9-11/h2-7,9,13,15H,8,14H2,1H3. The molecule has 0 saturated heterocycles. The van der Waals surface area contributed by atoms with Crippen LogP contribution in [0.25, 0.3) is 0 Å². The van der Waals surface area contributed by atoms with Gasteiger partial charge in [-0.25, -0.2) is 0 Å². The molecule has 0 aliphatic rings. The molecule has 0 saturated carbocycles. The fourth-order valence-corrected chi connectivity index (χ4v) is 2.40. The molecule has 0 bridgehead atoms. The summed E-state index contributed by atoms with van der Waals surface area (Å²) in [6, 6.07) is 10.7. The topological polar surface area (TPSA) is 38.0 Å². The van der Waals surface area contributed by atoms with Crippen molar-refractivity contribution in [3.63, 3.8) is 0 Å². The Labute approximate surface area is 100 Å². The monoisotopic (exact) mass is 232 g/mol. The average molecular weight is 232 g/mol. The lowest BCUT2D eigenvalue weighted by Gasteiger charge is -2.17. The average Bonchev–Trinajstić information content (AvgIpc) is 2.79.